The highest BCUT2D eigenvalue weighted by Crippen LogP contribution is 2.25. The van der Waals surface area contributed by atoms with E-state index in [1.54, 1.807) is 16.4 Å². The zero-order valence-corrected chi connectivity index (χ0v) is 15.0. The van der Waals surface area contributed by atoms with E-state index < -0.39 is 10.0 Å². The molecular weight excluding hydrogens is 330 g/mol. The summed E-state index contributed by atoms with van der Waals surface area (Å²) in [6.07, 6.45) is 5.26. The van der Waals surface area contributed by atoms with Gasteiger partial charge in [0.15, 0.2) is 5.11 Å². The van der Waals surface area contributed by atoms with Crippen molar-refractivity contribution >= 4 is 33.0 Å². The number of nitrogens with zero attached hydrogens (tertiary/aromatic N) is 1. The molecule has 23 heavy (non-hydrogen) atoms. The van der Waals surface area contributed by atoms with Crippen molar-refractivity contribution in [3.05, 3.63) is 23.8 Å². The molecule has 5 nitrogen and oxygen atoms in total. The number of hydrogen-bond acceptors (Lipinski definition) is 3. The lowest BCUT2D eigenvalue weighted by Gasteiger charge is -2.26. The van der Waals surface area contributed by atoms with Gasteiger partial charge < -0.3 is 10.6 Å². The van der Waals surface area contributed by atoms with Crippen molar-refractivity contribution in [2.24, 2.45) is 0 Å². The van der Waals surface area contributed by atoms with E-state index in [0.29, 0.717) is 29.1 Å². The third kappa shape index (κ3) is 4.02. The smallest absolute Gasteiger partial charge is 0.243 e. The first-order valence-corrected chi connectivity index (χ1v) is 10.00. The van der Waals surface area contributed by atoms with Gasteiger partial charge in [-0.15, -0.1) is 0 Å². The number of hydrogen-bond donors (Lipinski definition) is 2. The molecule has 2 aliphatic rings. The summed E-state index contributed by atoms with van der Waals surface area (Å²) in [6, 6.07) is 5.68. The number of benzene rings is 1. The van der Waals surface area contributed by atoms with Gasteiger partial charge in [0.2, 0.25) is 10.0 Å². The average Bonchev–Trinajstić information content (AvgIpc) is 3.34. The standard InChI is InChI=1S/C16H23N3O2S2/c1-12-5-8-14(23(20,21)19-9-3-2-4-10-19)11-15(12)18-16(22)17-13-6-7-13/h5,8,11,13H,2-4,6-7,9-10H2,1H3,(H2,17,18,22). The van der Waals surface area contributed by atoms with Gasteiger partial charge in [-0.1, -0.05) is 12.5 Å². The molecule has 3 rings (SSSR count). The largest absolute Gasteiger partial charge is 0.360 e. The Hall–Kier alpha value is -1.18. The monoisotopic (exact) mass is 353 g/mol. The van der Waals surface area contributed by atoms with Crippen LogP contribution in [0.25, 0.3) is 0 Å². The third-order valence-corrected chi connectivity index (χ3v) is 6.44. The Labute approximate surface area is 143 Å². The van der Waals surface area contributed by atoms with Crippen LogP contribution in [0.2, 0.25) is 0 Å². The summed E-state index contributed by atoms with van der Waals surface area (Å²) < 4.78 is 27.1. The van der Waals surface area contributed by atoms with Gasteiger partial charge in [0.25, 0.3) is 0 Å². The number of rotatable bonds is 4. The van der Waals surface area contributed by atoms with Crippen LogP contribution < -0.4 is 10.6 Å². The van der Waals surface area contributed by atoms with Gasteiger partial charge in [0, 0.05) is 24.8 Å². The van der Waals surface area contributed by atoms with Gasteiger partial charge in [-0.3, -0.25) is 0 Å². The Morgan fingerprint density at radius 1 is 1.22 bits per heavy atom. The molecule has 0 spiro atoms. The van der Waals surface area contributed by atoms with Crippen LogP contribution in [0.5, 0.6) is 0 Å². The fourth-order valence-corrected chi connectivity index (χ4v) is 4.54. The van der Waals surface area contributed by atoms with Gasteiger partial charge >= 0.3 is 0 Å². The summed E-state index contributed by atoms with van der Waals surface area (Å²) in [5, 5.41) is 6.90. The second kappa shape index (κ2) is 6.75. The SMILES string of the molecule is Cc1ccc(S(=O)(=O)N2CCCCC2)cc1NC(=S)NC1CC1. The highest BCUT2D eigenvalue weighted by atomic mass is 32.2. The number of anilines is 1. The lowest BCUT2D eigenvalue weighted by Crippen LogP contribution is -2.35. The minimum Gasteiger partial charge on any atom is -0.360 e. The van der Waals surface area contributed by atoms with Gasteiger partial charge in [-0.05, 0) is 62.5 Å². The van der Waals surface area contributed by atoms with Gasteiger partial charge in [-0.25, -0.2) is 8.42 Å². The molecule has 1 saturated carbocycles. The van der Waals surface area contributed by atoms with Crippen LogP contribution in [0.3, 0.4) is 0 Å². The molecule has 1 saturated heterocycles. The lowest BCUT2D eigenvalue weighted by atomic mass is 10.2. The maximum atomic E-state index is 12.8. The molecule has 0 bridgehead atoms. The van der Waals surface area contributed by atoms with Crippen molar-refractivity contribution in [1.82, 2.24) is 9.62 Å². The summed E-state index contributed by atoms with van der Waals surface area (Å²) >= 11 is 5.29. The van der Waals surface area contributed by atoms with Crippen molar-refractivity contribution in [2.45, 2.75) is 50.0 Å². The zero-order valence-electron chi connectivity index (χ0n) is 13.3. The Kier molecular flexibility index (Phi) is 4.89. The molecule has 0 unspecified atom stereocenters. The van der Waals surface area contributed by atoms with Crippen LogP contribution in [0.1, 0.15) is 37.7 Å². The number of thiocarbonyl (C=S) groups is 1. The predicted molar refractivity (Wildman–Crippen MR) is 96.2 cm³/mol. The maximum absolute atomic E-state index is 12.8. The average molecular weight is 354 g/mol. The first-order valence-electron chi connectivity index (χ1n) is 8.15. The molecule has 0 atom stereocenters. The summed E-state index contributed by atoms with van der Waals surface area (Å²) in [7, 11) is -3.42. The normalized spacial score (nSPS) is 19.3. The molecule has 0 amide bonds. The van der Waals surface area contributed by atoms with Crippen molar-refractivity contribution in [3.8, 4) is 0 Å². The third-order valence-electron chi connectivity index (χ3n) is 4.32. The molecule has 1 aliphatic carbocycles. The van der Waals surface area contributed by atoms with Crippen LogP contribution in [-0.2, 0) is 10.0 Å². The summed E-state index contributed by atoms with van der Waals surface area (Å²) in [5.41, 5.74) is 1.73. The second-order valence-corrected chi connectivity index (χ2v) is 8.66. The minimum absolute atomic E-state index is 0.335. The summed E-state index contributed by atoms with van der Waals surface area (Å²) in [6.45, 7) is 3.17. The molecule has 0 aromatic heterocycles. The molecule has 1 aromatic rings. The van der Waals surface area contributed by atoms with E-state index in [2.05, 4.69) is 10.6 Å². The fourth-order valence-electron chi connectivity index (χ4n) is 2.72. The van der Waals surface area contributed by atoms with E-state index in [-0.39, 0.29) is 0 Å². The topological polar surface area (TPSA) is 61.4 Å². The van der Waals surface area contributed by atoms with Gasteiger partial charge in [0.1, 0.15) is 0 Å². The predicted octanol–water partition coefficient (Wildman–Crippen LogP) is 2.62. The van der Waals surface area contributed by atoms with Crippen LogP contribution in [0, 0.1) is 6.92 Å². The molecule has 0 radical (unpaired) electrons. The minimum atomic E-state index is -3.42. The van der Waals surface area contributed by atoms with E-state index in [1.165, 1.54) is 0 Å². The van der Waals surface area contributed by atoms with Crippen LogP contribution >= 0.6 is 12.2 Å². The van der Waals surface area contributed by atoms with Gasteiger partial charge in [0.05, 0.1) is 4.90 Å². The fraction of sp³-hybridized carbons (Fsp3) is 0.562. The molecule has 2 fully saturated rings. The number of piperidine rings is 1. The molecular formula is C16H23N3O2S2. The second-order valence-electron chi connectivity index (χ2n) is 6.31. The van der Waals surface area contributed by atoms with Crippen LogP contribution in [0.4, 0.5) is 5.69 Å². The van der Waals surface area contributed by atoms with E-state index >= 15 is 0 Å². The van der Waals surface area contributed by atoms with Crippen molar-refractivity contribution < 1.29 is 8.42 Å². The van der Waals surface area contributed by atoms with E-state index in [0.717, 1.165) is 43.4 Å². The lowest BCUT2D eigenvalue weighted by molar-refractivity contribution is 0.346. The molecule has 1 aliphatic heterocycles. The van der Waals surface area contributed by atoms with E-state index in [9.17, 15) is 8.42 Å². The number of sulfonamides is 1. The van der Waals surface area contributed by atoms with Crippen molar-refractivity contribution in [1.29, 1.82) is 0 Å². The van der Waals surface area contributed by atoms with Crippen molar-refractivity contribution in [3.63, 3.8) is 0 Å². The van der Waals surface area contributed by atoms with E-state index in [1.807, 2.05) is 13.0 Å². The first kappa shape index (κ1) is 16.7. The number of nitrogens with one attached hydrogen (secondary N) is 2. The Morgan fingerprint density at radius 2 is 1.91 bits per heavy atom. The highest BCUT2D eigenvalue weighted by Gasteiger charge is 2.26. The molecule has 1 aromatic carbocycles. The maximum Gasteiger partial charge on any atom is 0.243 e. The Balaban J connectivity index is 1.79. The highest BCUT2D eigenvalue weighted by molar-refractivity contribution is 7.89. The molecule has 126 valence electrons. The number of aryl methyl sites for hydroxylation is 1. The quantitative estimate of drug-likeness (QED) is 0.815. The Bertz CT molecular complexity index is 693. The summed E-state index contributed by atoms with van der Waals surface area (Å²) in [5.74, 6) is 0. The molecule has 1 heterocycles. The molecule has 2 N–H and O–H groups in total. The van der Waals surface area contributed by atoms with Crippen molar-refractivity contribution in [2.75, 3.05) is 18.4 Å². The Morgan fingerprint density at radius 3 is 2.57 bits per heavy atom. The van der Waals surface area contributed by atoms with Gasteiger partial charge in [-0.2, -0.15) is 4.31 Å². The van der Waals surface area contributed by atoms with E-state index in [4.69, 9.17) is 12.2 Å². The first-order chi connectivity index (χ1) is 11.0. The molecule has 7 heteroatoms. The van der Waals surface area contributed by atoms with Crippen LogP contribution in [-0.4, -0.2) is 37.0 Å². The summed E-state index contributed by atoms with van der Waals surface area (Å²) in [4.78, 5) is 0.335. The van der Waals surface area contributed by atoms with Crippen LogP contribution in [0.15, 0.2) is 23.1 Å². The zero-order chi connectivity index (χ0) is 16.4.